The van der Waals surface area contributed by atoms with Gasteiger partial charge in [-0.1, -0.05) is 20.8 Å². The standard InChI is InChI=1S/C14H27NO7/c1-14(2,3)10-8(22-13(20)12(19)11(10)18)6-21-7-9(17)15-4-5-16/h8,10-13,16,18-20H,4-7H2,1-3H3,(H,15,17). The molecule has 130 valence electrons. The van der Waals surface area contributed by atoms with Crippen molar-refractivity contribution in [3.05, 3.63) is 0 Å². The first-order valence-electron chi connectivity index (χ1n) is 7.33. The van der Waals surface area contributed by atoms with Crippen LogP contribution in [0.4, 0.5) is 0 Å². The highest BCUT2D eigenvalue weighted by Crippen LogP contribution is 2.38. The first kappa shape index (κ1) is 19.3. The van der Waals surface area contributed by atoms with Gasteiger partial charge < -0.3 is 35.2 Å². The molecule has 5 N–H and O–H groups in total. The van der Waals surface area contributed by atoms with E-state index in [2.05, 4.69) is 5.32 Å². The van der Waals surface area contributed by atoms with Gasteiger partial charge in [0.05, 0.1) is 25.4 Å². The van der Waals surface area contributed by atoms with Crippen LogP contribution in [0.5, 0.6) is 0 Å². The van der Waals surface area contributed by atoms with E-state index in [-0.39, 0.29) is 32.3 Å². The molecule has 1 heterocycles. The first-order valence-corrected chi connectivity index (χ1v) is 7.33. The first-order chi connectivity index (χ1) is 10.2. The molecule has 5 unspecified atom stereocenters. The summed E-state index contributed by atoms with van der Waals surface area (Å²) in [6.07, 6.45) is -4.68. The molecule has 0 aromatic rings. The molecule has 5 atom stereocenters. The summed E-state index contributed by atoms with van der Waals surface area (Å²) in [7, 11) is 0. The average molecular weight is 321 g/mol. The maximum Gasteiger partial charge on any atom is 0.246 e. The van der Waals surface area contributed by atoms with Gasteiger partial charge in [-0.15, -0.1) is 0 Å². The van der Waals surface area contributed by atoms with E-state index in [9.17, 15) is 20.1 Å². The van der Waals surface area contributed by atoms with Gasteiger partial charge in [-0.3, -0.25) is 4.79 Å². The summed E-state index contributed by atoms with van der Waals surface area (Å²) in [5.74, 6) is -0.843. The SMILES string of the molecule is CC(C)(C)C1C(COCC(=O)NCCO)OC(O)C(O)C1O. The molecule has 0 aromatic heterocycles. The van der Waals surface area contributed by atoms with Crippen LogP contribution in [0, 0.1) is 11.3 Å². The van der Waals surface area contributed by atoms with E-state index in [1.54, 1.807) is 0 Å². The molecule has 22 heavy (non-hydrogen) atoms. The Hall–Kier alpha value is -0.770. The molecule has 8 nitrogen and oxygen atoms in total. The van der Waals surface area contributed by atoms with Crippen molar-refractivity contribution >= 4 is 5.91 Å². The van der Waals surface area contributed by atoms with E-state index in [0.717, 1.165) is 0 Å². The van der Waals surface area contributed by atoms with Crippen molar-refractivity contribution in [1.29, 1.82) is 0 Å². The lowest BCUT2D eigenvalue weighted by Crippen LogP contribution is -2.59. The Morgan fingerprint density at radius 1 is 1.23 bits per heavy atom. The van der Waals surface area contributed by atoms with E-state index < -0.39 is 35.9 Å². The fourth-order valence-electron chi connectivity index (χ4n) is 2.67. The fourth-order valence-corrected chi connectivity index (χ4v) is 2.67. The lowest BCUT2D eigenvalue weighted by molar-refractivity contribution is -0.288. The smallest absolute Gasteiger partial charge is 0.246 e. The second kappa shape index (κ2) is 8.19. The number of ether oxygens (including phenoxy) is 2. The third kappa shape index (κ3) is 5.15. The number of amides is 1. The summed E-state index contributed by atoms with van der Waals surface area (Å²) in [5.41, 5.74) is -0.395. The number of nitrogens with one attached hydrogen (secondary N) is 1. The largest absolute Gasteiger partial charge is 0.395 e. The van der Waals surface area contributed by atoms with Crippen molar-refractivity contribution < 1.29 is 34.7 Å². The Morgan fingerprint density at radius 2 is 1.86 bits per heavy atom. The maximum atomic E-state index is 11.4. The minimum Gasteiger partial charge on any atom is -0.395 e. The molecule has 1 aliphatic rings. The van der Waals surface area contributed by atoms with Crippen LogP contribution in [-0.4, -0.2) is 77.3 Å². The molecular weight excluding hydrogens is 294 g/mol. The van der Waals surface area contributed by atoms with Crippen LogP contribution in [0.3, 0.4) is 0 Å². The average Bonchev–Trinajstić information content (AvgIpc) is 2.41. The Bertz CT molecular complexity index is 358. The summed E-state index contributed by atoms with van der Waals surface area (Å²) < 4.78 is 10.6. The van der Waals surface area contributed by atoms with Crippen molar-refractivity contribution in [3.8, 4) is 0 Å². The third-order valence-corrected chi connectivity index (χ3v) is 3.67. The zero-order valence-electron chi connectivity index (χ0n) is 13.2. The van der Waals surface area contributed by atoms with Crippen LogP contribution in [0.15, 0.2) is 0 Å². The van der Waals surface area contributed by atoms with Gasteiger partial charge in [0.1, 0.15) is 12.7 Å². The number of carbonyl (C=O) groups is 1. The summed E-state index contributed by atoms with van der Waals surface area (Å²) in [4.78, 5) is 11.4. The second-order valence-electron chi connectivity index (χ2n) is 6.53. The Kier molecular flexibility index (Phi) is 7.17. The number of hydrogen-bond donors (Lipinski definition) is 5. The van der Waals surface area contributed by atoms with Gasteiger partial charge in [-0.25, -0.2) is 0 Å². The molecule has 1 aliphatic heterocycles. The molecule has 0 aliphatic carbocycles. The molecule has 0 aromatic carbocycles. The number of rotatable bonds is 6. The summed E-state index contributed by atoms with van der Waals surface area (Å²) in [6.45, 7) is 5.43. The van der Waals surface area contributed by atoms with Gasteiger partial charge in [0.25, 0.3) is 0 Å². The van der Waals surface area contributed by atoms with Crippen LogP contribution in [0.2, 0.25) is 0 Å². The quantitative estimate of drug-likeness (QED) is 0.391. The summed E-state index contributed by atoms with van der Waals surface area (Å²) >= 11 is 0. The molecule has 1 fully saturated rings. The highest BCUT2D eigenvalue weighted by molar-refractivity contribution is 5.77. The Morgan fingerprint density at radius 3 is 2.41 bits per heavy atom. The molecule has 1 saturated heterocycles. The minimum absolute atomic E-state index is 0.00464. The lowest BCUT2D eigenvalue weighted by Gasteiger charge is -2.46. The molecule has 1 amide bonds. The molecule has 8 heteroatoms. The molecule has 0 radical (unpaired) electrons. The Labute approximate surface area is 130 Å². The van der Waals surface area contributed by atoms with Gasteiger partial charge in [0, 0.05) is 12.5 Å². The van der Waals surface area contributed by atoms with Gasteiger partial charge >= 0.3 is 0 Å². The molecular formula is C14H27NO7. The zero-order chi connectivity index (χ0) is 16.9. The van der Waals surface area contributed by atoms with E-state index in [0.29, 0.717) is 0 Å². The minimum atomic E-state index is -1.49. The van der Waals surface area contributed by atoms with E-state index in [1.807, 2.05) is 20.8 Å². The highest BCUT2D eigenvalue weighted by Gasteiger charge is 2.48. The molecule has 0 bridgehead atoms. The molecule has 1 rings (SSSR count). The van der Waals surface area contributed by atoms with Crippen molar-refractivity contribution in [2.45, 2.75) is 45.4 Å². The second-order valence-corrected chi connectivity index (χ2v) is 6.53. The van der Waals surface area contributed by atoms with Gasteiger partial charge in [-0.05, 0) is 5.41 Å². The Balaban J connectivity index is 2.59. The predicted molar refractivity (Wildman–Crippen MR) is 76.8 cm³/mol. The maximum absolute atomic E-state index is 11.4. The van der Waals surface area contributed by atoms with Crippen molar-refractivity contribution in [3.63, 3.8) is 0 Å². The lowest BCUT2D eigenvalue weighted by atomic mass is 9.71. The summed E-state index contributed by atoms with van der Waals surface area (Å²) in [6, 6.07) is 0. The monoisotopic (exact) mass is 321 g/mol. The van der Waals surface area contributed by atoms with E-state index in [1.165, 1.54) is 0 Å². The highest BCUT2D eigenvalue weighted by atomic mass is 16.6. The number of aliphatic hydroxyl groups excluding tert-OH is 4. The van der Waals surface area contributed by atoms with Gasteiger partial charge in [0.2, 0.25) is 5.91 Å². The topological polar surface area (TPSA) is 128 Å². The summed E-state index contributed by atoms with van der Waals surface area (Å²) in [5, 5.41) is 40.6. The van der Waals surface area contributed by atoms with Crippen LogP contribution in [0.25, 0.3) is 0 Å². The molecule has 0 saturated carbocycles. The van der Waals surface area contributed by atoms with Crippen LogP contribution in [0.1, 0.15) is 20.8 Å². The van der Waals surface area contributed by atoms with Crippen molar-refractivity contribution in [1.82, 2.24) is 5.32 Å². The normalized spacial score (nSPS) is 32.8. The molecule has 0 spiro atoms. The van der Waals surface area contributed by atoms with Crippen molar-refractivity contribution in [2.75, 3.05) is 26.4 Å². The zero-order valence-corrected chi connectivity index (χ0v) is 13.2. The number of hydrogen-bond acceptors (Lipinski definition) is 7. The fraction of sp³-hybridized carbons (Fsp3) is 0.929. The third-order valence-electron chi connectivity index (χ3n) is 3.67. The van der Waals surface area contributed by atoms with Gasteiger partial charge in [0.15, 0.2) is 6.29 Å². The van der Waals surface area contributed by atoms with Crippen LogP contribution >= 0.6 is 0 Å². The number of aliphatic hydroxyl groups is 4. The van der Waals surface area contributed by atoms with E-state index >= 15 is 0 Å². The van der Waals surface area contributed by atoms with Crippen LogP contribution < -0.4 is 5.32 Å². The van der Waals surface area contributed by atoms with E-state index in [4.69, 9.17) is 14.6 Å². The van der Waals surface area contributed by atoms with Gasteiger partial charge in [-0.2, -0.15) is 0 Å². The van der Waals surface area contributed by atoms with Crippen LogP contribution in [-0.2, 0) is 14.3 Å². The number of carbonyl (C=O) groups excluding carboxylic acids is 1. The van der Waals surface area contributed by atoms with Crippen molar-refractivity contribution in [2.24, 2.45) is 11.3 Å². The predicted octanol–water partition coefficient (Wildman–Crippen LogP) is -1.79.